The van der Waals surface area contributed by atoms with Crippen molar-refractivity contribution in [2.24, 2.45) is 16.9 Å². The number of para-hydroxylation sites is 1. The molecule has 71 heavy (non-hydrogen) atoms. The predicted octanol–water partition coefficient (Wildman–Crippen LogP) is 5.61. The van der Waals surface area contributed by atoms with Gasteiger partial charge in [0.2, 0.25) is 35.4 Å². The van der Waals surface area contributed by atoms with Crippen LogP contribution in [0.2, 0.25) is 5.02 Å². The van der Waals surface area contributed by atoms with Crippen LogP contribution in [-0.2, 0) is 48.0 Å². The fourth-order valence-corrected chi connectivity index (χ4v) is 10.7. The smallest absolute Gasteiger partial charge is 0.246 e. The highest BCUT2D eigenvalue weighted by Gasteiger charge is 2.45. The number of nitrogens with zero attached hydrogens (tertiary/aromatic N) is 3. The molecule has 18 heteroatoms. The van der Waals surface area contributed by atoms with Crippen LogP contribution in [0.4, 0.5) is 5.69 Å². The summed E-state index contributed by atoms with van der Waals surface area (Å²) in [6, 6.07) is 14.9. The Morgan fingerprint density at radius 1 is 0.958 bits per heavy atom. The second-order valence-corrected chi connectivity index (χ2v) is 21.5. The van der Waals surface area contributed by atoms with Crippen molar-refractivity contribution in [2.45, 2.75) is 148 Å². The van der Waals surface area contributed by atoms with Gasteiger partial charge in [0.15, 0.2) is 0 Å². The molecule has 7 rings (SSSR count). The van der Waals surface area contributed by atoms with E-state index in [0.717, 1.165) is 50.5 Å². The second kappa shape index (κ2) is 23.1. The number of hydrogen-bond donors (Lipinski definition) is 6. The number of nitrogens with one attached hydrogen (secondary N) is 3. The molecule has 1 fully saturated rings. The number of rotatable bonds is 20. The van der Waals surface area contributed by atoms with Gasteiger partial charge in [-0.1, -0.05) is 87.3 Å². The van der Waals surface area contributed by atoms with Gasteiger partial charge in [0.1, 0.15) is 30.5 Å². The van der Waals surface area contributed by atoms with E-state index < -0.39 is 53.5 Å². The van der Waals surface area contributed by atoms with E-state index in [0.29, 0.717) is 49.3 Å². The molecule has 16 nitrogen and oxygen atoms in total. The van der Waals surface area contributed by atoms with Gasteiger partial charge in [-0.15, -0.1) is 11.3 Å². The van der Waals surface area contributed by atoms with Crippen LogP contribution < -0.4 is 37.1 Å². The van der Waals surface area contributed by atoms with E-state index in [9.17, 15) is 33.9 Å². The highest BCUT2D eigenvalue weighted by atomic mass is 35.5. The maximum absolute atomic E-state index is 14.2. The number of benzene rings is 3. The number of nitrogens with two attached hydrogens (primary N) is 2. The van der Waals surface area contributed by atoms with Gasteiger partial charge in [0.25, 0.3) is 0 Å². The van der Waals surface area contributed by atoms with Crippen molar-refractivity contribution in [3.8, 4) is 16.2 Å². The number of likely N-dealkylation sites (tertiary alicyclic amines) is 1. The van der Waals surface area contributed by atoms with E-state index in [2.05, 4.69) is 20.9 Å². The molecule has 0 aliphatic carbocycles. The minimum atomic E-state index is -0.933. The first-order chi connectivity index (χ1) is 33.8. The summed E-state index contributed by atoms with van der Waals surface area (Å²) in [6.07, 6.45) is 3.74. The van der Waals surface area contributed by atoms with Gasteiger partial charge < -0.3 is 42.2 Å². The minimum absolute atomic E-state index is 0.00317. The van der Waals surface area contributed by atoms with Gasteiger partial charge in [0.05, 0.1) is 51.0 Å². The molecular weight excluding hydrogens is 944 g/mol. The SMILES string of the molecule is Cc1ncsc1-c1ccc([C@H](C)NC(=O)[C@@H]2C[C@@H](O)CN2C(=O)[C@@H](NC(=O)CCCCCc2ccc(Cl)c(OC[C@H](CCC(N)=O)NC(=O)[C@@H]3Cc4cccc5c4N3C(=O)[C@@H](N)CC5)c2)C(C)(C)C)cc1. The molecule has 4 aromatic rings. The summed E-state index contributed by atoms with van der Waals surface area (Å²) in [6.45, 7) is 9.39. The van der Waals surface area contributed by atoms with E-state index >= 15 is 0 Å². The Balaban J connectivity index is 0.886. The van der Waals surface area contributed by atoms with Crippen molar-refractivity contribution >= 4 is 64.1 Å². The summed E-state index contributed by atoms with van der Waals surface area (Å²) in [5.74, 6) is -1.87. The number of aryl methyl sites for hydroxylation is 3. The van der Waals surface area contributed by atoms with E-state index in [1.807, 2.05) is 94.7 Å². The average molecular weight is 1010 g/mol. The Hall–Kier alpha value is -5.88. The van der Waals surface area contributed by atoms with Crippen LogP contribution in [0.1, 0.15) is 113 Å². The fraction of sp³-hybridized carbons (Fsp3) is 0.491. The first-order valence-corrected chi connectivity index (χ1v) is 25.8. The molecule has 0 unspecified atom stereocenters. The molecule has 4 heterocycles. The quantitative estimate of drug-likeness (QED) is 0.0599. The van der Waals surface area contributed by atoms with E-state index in [4.69, 9.17) is 27.8 Å². The average Bonchev–Trinajstić information content (AvgIpc) is 4.05. The van der Waals surface area contributed by atoms with E-state index in [1.54, 1.807) is 17.4 Å². The van der Waals surface area contributed by atoms with Gasteiger partial charge in [-0.05, 0) is 97.7 Å². The summed E-state index contributed by atoms with van der Waals surface area (Å²) in [4.78, 5) is 88.9. The number of aliphatic hydroxyl groups is 1. The molecule has 3 aliphatic rings. The molecule has 0 bridgehead atoms. The maximum Gasteiger partial charge on any atom is 0.246 e. The lowest BCUT2D eigenvalue weighted by Crippen LogP contribution is -2.57. The van der Waals surface area contributed by atoms with Crippen molar-refractivity contribution in [2.75, 3.05) is 18.1 Å². The van der Waals surface area contributed by atoms with Crippen LogP contribution in [0, 0.1) is 12.3 Å². The highest BCUT2D eigenvalue weighted by molar-refractivity contribution is 7.13. The summed E-state index contributed by atoms with van der Waals surface area (Å²) in [5.41, 5.74) is 19.3. The Labute approximate surface area is 424 Å². The van der Waals surface area contributed by atoms with Crippen LogP contribution in [0.15, 0.2) is 66.2 Å². The van der Waals surface area contributed by atoms with Gasteiger partial charge in [0, 0.05) is 32.2 Å². The van der Waals surface area contributed by atoms with E-state index in [-0.39, 0.29) is 68.5 Å². The number of carbonyl (C=O) groups excluding carboxylic acids is 6. The summed E-state index contributed by atoms with van der Waals surface area (Å²) in [7, 11) is 0. The first kappa shape index (κ1) is 52.9. The molecule has 0 radical (unpaired) electrons. The third-order valence-electron chi connectivity index (χ3n) is 13.7. The number of hydrogen-bond acceptors (Lipinski definition) is 11. The molecule has 7 atom stereocenters. The number of aliphatic hydroxyl groups excluding tert-OH is 1. The summed E-state index contributed by atoms with van der Waals surface area (Å²) < 4.78 is 6.18. The number of anilines is 1. The topological polar surface area (TPSA) is 239 Å². The molecule has 3 aromatic carbocycles. The molecule has 1 saturated heterocycles. The van der Waals surface area contributed by atoms with Gasteiger partial charge in [-0.25, -0.2) is 4.98 Å². The number of amides is 6. The third-order valence-corrected chi connectivity index (χ3v) is 15.0. The third kappa shape index (κ3) is 13.0. The normalized spacial score (nSPS) is 19.9. The van der Waals surface area contributed by atoms with Crippen molar-refractivity contribution in [3.05, 3.63) is 99.1 Å². The lowest BCUT2D eigenvalue weighted by atomic mass is 9.85. The van der Waals surface area contributed by atoms with Crippen LogP contribution in [0.5, 0.6) is 5.75 Å². The zero-order chi connectivity index (χ0) is 51.1. The molecule has 8 N–H and O–H groups in total. The number of halogens is 1. The van der Waals surface area contributed by atoms with Gasteiger partial charge >= 0.3 is 0 Å². The summed E-state index contributed by atoms with van der Waals surface area (Å²) >= 11 is 8.14. The lowest BCUT2D eigenvalue weighted by Gasteiger charge is -2.35. The monoisotopic (exact) mass is 1010 g/mol. The number of thiazole rings is 1. The predicted molar refractivity (Wildman–Crippen MR) is 274 cm³/mol. The fourth-order valence-electron chi connectivity index (χ4n) is 9.72. The number of carbonyl (C=O) groups is 6. The Kier molecular flexibility index (Phi) is 17.2. The van der Waals surface area contributed by atoms with Crippen LogP contribution in [-0.4, -0.2) is 99.9 Å². The van der Waals surface area contributed by atoms with Crippen LogP contribution in [0.3, 0.4) is 0 Å². The zero-order valence-electron chi connectivity index (χ0n) is 41.2. The van der Waals surface area contributed by atoms with Crippen LogP contribution in [0.25, 0.3) is 10.4 Å². The number of primary amides is 1. The van der Waals surface area contributed by atoms with Crippen LogP contribution >= 0.6 is 22.9 Å². The lowest BCUT2D eigenvalue weighted by molar-refractivity contribution is -0.144. The molecule has 0 spiro atoms. The highest BCUT2D eigenvalue weighted by Crippen LogP contribution is 2.39. The molecule has 0 saturated carbocycles. The number of ether oxygens (including phenoxy) is 1. The molecule has 1 aromatic heterocycles. The molecular formula is C53H67ClN8O8S. The van der Waals surface area contributed by atoms with Crippen molar-refractivity contribution in [1.82, 2.24) is 25.8 Å². The molecule has 380 valence electrons. The largest absolute Gasteiger partial charge is 0.490 e. The molecule has 6 amide bonds. The molecule has 3 aliphatic heterocycles. The maximum atomic E-state index is 14.2. The second-order valence-electron chi connectivity index (χ2n) is 20.2. The Bertz CT molecular complexity index is 2600. The first-order valence-electron chi connectivity index (χ1n) is 24.6. The Morgan fingerprint density at radius 2 is 1.69 bits per heavy atom. The zero-order valence-corrected chi connectivity index (χ0v) is 42.7. The Morgan fingerprint density at radius 3 is 2.39 bits per heavy atom. The van der Waals surface area contributed by atoms with Crippen molar-refractivity contribution in [3.63, 3.8) is 0 Å². The number of aromatic nitrogens is 1. The standard InChI is InChI=1S/C53H67ClN8O8S/c1-30(33-15-17-35(18-16-33)47-31(2)57-29-71-47)58-49(66)41-26-38(63)27-61(41)52(69)48(53(3,4)5)60-45(65)13-8-6-7-10-32-14-21-39(54)43(24-32)70-28-37(20-23-44(56)64)59-50(67)42-25-36-12-9-11-34-19-22-40(55)51(68)62(42)46(34)36/h9,11-12,14-18,21,24,29-30,37-38,40-42,48,63H,6-8,10,13,19-20,22-23,25-28,55H2,1-5H3,(H2,56,64)(H,58,66)(H,59,67)(H,60,65)/t30-,37-,38+,40-,41-,42-,48+/m0/s1. The van der Waals surface area contributed by atoms with Gasteiger partial charge in [-0.3, -0.25) is 33.7 Å². The van der Waals surface area contributed by atoms with Crippen molar-refractivity contribution in [1.29, 1.82) is 0 Å². The summed E-state index contributed by atoms with van der Waals surface area (Å²) in [5, 5.41) is 20.1. The number of β-amino-alcohol motifs (C(OH)–C–C–N with tert-alkyl or cyclic N) is 1. The number of unbranched alkanes of at least 4 members (excludes halogenated alkanes) is 2. The van der Waals surface area contributed by atoms with E-state index in [1.165, 1.54) is 9.80 Å². The van der Waals surface area contributed by atoms with Gasteiger partial charge in [-0.2, -0.15) is 0 Å². The van der Waals surface area contributed by atoms with Crippen molar-refractivity contribution < 1.29 is 38.6 Å². The minimum Gasteiger partial charge on any atom is -0.490 e.